The smallest absolute Gasteiger partial charge is 0.273 e. The van der Waals surface area contributed by atoms with Crippen LogP contribution in [0.5, 0.6) is 5.75 Å². The van der Waals surface area contributed by atoms with E-state index in [4.69, 9.17) is 4.74 Å². The first kappa shape index (κ1) is 16.0. The maximum Gasteiger partial charge on any atom is 0.273 e. The Morgan fingerprint density at radius 2 is 2.00 bits per heavy atom. The van der Waals surface area contributed by atoms with Crippen LogP contribution in [-0.4, -0.2) is 23.4 Å². The van der Waals surface area contributed by atoms with Crippen molar-refractivity contribution in [2.45, 2.75) is 6.92 Å². The Morgan fingerprint density at radius 3 is 2.68 bits per heavy atom. The Balaban J connectivity index is 2.06. The average Bonchev–Trinajstić information content (AvgIpc) is 2.55. The van der Waals surface area contributed by atoms with Gasteiger partial charge in [0.15, 0.2) is 0 Å². The van der Waals surface area contributed by atoms with Gasteiger partial charge in [0.05, 0.1) is 17.7 Å². The van der Waals surface area contributed by atoms with Gasteiger partial charge < -0.3 is 4.74 Å². The molecule has 0 bridgehead atoms. The number of carbonyl (C=O) groups excluding carboxylic acids is 2. The lowest BCUT2D eigenvalue weighted by Gasteiger charge is -2.11. The fourth-order valence-electron chi connectivity index (χ4n) is 1.71. The molecule has 0 aliphatic heterocycles. The molecule has 0 saturated heterocycles. The molecule has 0 spiro atoms. The zero-order valence-electron chi connectivity index (χ0n) is 11.8. The van der Waals surface area contributed by atoms with E-state index < -0.39 is 11.8 Å². The fraction of sp³-hybridized carbons (Fsp3) is 0.133. The number of hydrazine groups is 1. The largest absolute Gasteiger partial charge is 0.493 e. The minimum absolute atomic E-state index is 0.322. The van der Waals surface area contributed by atoms with E-state index in [1.165, 1.54) is 6.20 Å². The zero-order valence-corrected chi connectivity index (χ0v) is 13.4. The van der Waals surface area contributed by atoms with Gasteiger partial charge in [0.2, 0.25) is 0 Å². The Labute approximate surface area is 136 Å². The van der Waals surface area contributed by atoms with E-state index in [2.05, 4.69) is 31.8 Å². The summed E-state index contributed by atoms with van der Waals surface area (Å²) < 4.78 is 6.14. The second-order valence-corrected chi connectivity index (χ2v) is 5.14. The number of nitrogens with zero attached hydrogens (tertiary/aromatic N) is 1. The number of aromatic nitrogens is 1. The summed E-state index contributed by atoms with van der Waals surface area (Å²) >= 11 is 3.30. The summed E-state index contributed by atoms with van der Waals surface area (Å²) in [5.74, 6) is -0.477. The minimum atomic E-state index is -0.470. The zero-order chi connectivity index (χ0) is 15.9. The SMILES string of the molecule is CCOc1ccc(Br)cc1C(=O)NNC(=O)c1cccnc1. The number of hydrogen-bond acceptors (Lipinski definition) is 4. The first-order valence-corrected chi connectivity index (χ1v) is 7.34. The van der Waals surface area contributed by atoms with Gasteiger partial charge in [-0.15, -0.1) is 0 Å². The standard InChI is InChI=1S/C15H14BrN3O3/c1-2-22-13-6-5-11(16)8-12(13)15(21)19-18-14(20)10-4-3-7-17-9-10/h3-9H,2H2,1H3,(H,18,20)(H,19,21). The van der Waals surface area contributed by atoms with Crippen LogP contribution in [0.2, 0.25) is 0 Å². The third-order valence-corrected chi connectivity index (χ3v) is 3.19. The highest BCUT2D eigenvalue weighted by Gasteiger charge is 2.14. The molecule has 0 aliphatic rings. The van der Waals surface area contributed by atoms with Crippen LogP contribution in [0.15, 0.2) is 47.2 Å². The number of halogens is 1. The number of carbonyl (C=O) groups is 2. The summed E-state index contributed by atoms with van der Waals surface area (Å²) in [5, 5.41) is 0. The third kappa shape index (κ3) is 4.05. The molecule has 114 valence electrons. The summed E-state index contributed by atoms with van der Waals surface area (Å²) in [6.07, 6.45) is 2.97. The lowest BCUT2D eigenvalue weighted by atomic mass is 10.2. The third-order valence-electron chi connectivity index (χ3n) is 2.70. The van der Waals surface area contributed by atoms with Gasteiger partial charge in [0, 0.05) is 16.9 Å². The minimum Gasteiger partial charge on any atom is -0.493 e. The molecule has 2 N–H and O–H groups in total. The lowest BCUT2D eigenvalue weighted by Crippen LogP contribution is -2.41. The molecular weight excluding hydrogens is 350 g/mol. The van der Waals surface area contributed by atoms with Gasteiger partial charge in [-0.2, -0.15) is 0 Å². The van der Waals surface area contributed by atoms with Crippen LogP contribution < -0.4 is 15.6 Å². The second kappa shape index (κ2) is 7.56. The van der Waals surface area contributed by atoms with Gasteiger partial charge in [0.1, 0.15) is 5.75 Å². The Bertz CT molecular complexity index is 677. The summed E-state index contributed by atoms with van der Waals surface area (Å²) in [5.41, 5.74) is 5.36. The quantitative estimate of drug-likeness (QED) is 0.816. The van der Waals surface area contributed by atoms with Crippen LogP contribution in [0.4, 0.5) is 0 Å². The van der Waals surface area contributed by atoms with E-state index >= 15 is 0 Å². The van der Waals surface area contributed by atoms with Crippen molar-refractivity contribution in [3.8, 4) is 5.75 Å². The van der Waals surface area contributed by atoms with Crippen molar-refractivity contribution < 1.29 is 14.3 Å². The number of ether oxygens (including phenoxy) is 1. The first-order valence-electron chi connectivity index (χ1n) is 6.55. The molecule has 0 atom stereocenters. The molecule has 1 heterocycles. The molecule has 1 aromatic carbocycles. The maximum atomic E-state index is 12.2. The van der Waals surface area contributed by atoms with Crippen molar-refractivity contribution in [1.82, 2.24) is 15.8 Å². The van der Waals surface area contributed by atoms with Crippen molar-refractivity contribution in [1.29, 1.82) is 0 Å². The number of benzene rings is 1. The number of hydrogen-bond donors (Lipinski definition) is 2. The molecule has 7 heteroatoms. The Morgan fingerprint density at radius 1 is 1.23 bits per heavy atom. The number of pyridine rings is 1. The summed E-state index contributed by atoms with van der Waals surface area (Å²) in [7, 11) is 0. The Kier molecular flexibility index (Phi) is 5.48. The molecule has 0 fully saturated rings. The predicted octanol–water partition coefficient (Wildman–Crippen LogP) is 2.32. The van der Waals surface area contributed by atoms with E-state index in [1.807, 2.05) is 6.92 Å². The topological polar surface area (TPSA) is 80.3 Å². The van der Waals surface area contributed by atoms with Gasteiger partial charge in [-0.05, 0) is 37.3 Å². The fourth-order valence-corrected chi connectivity index (χ4v) is 2.07. The van der Waals surface area contributed by atoms with Crippen LogP contribution in [-0.2, 0) is 0 Å². The van der Waals surface area contributed by atoms with Crippen molar-refractivity contribution >= 4 is 27.7 Å². The predicted molar refractivity (Wildman–Crippen MR) is 84.5 cm³/mol. The normalized spacial score (nSPS) is 9.91. The average molecular weight is 364 g/mol. The Hall–Kier alpha value is -2.41. The highest BCUT2D eigenvalue weighted by molar-refractivity contribution is 9.10. The molecule has 22 heavy (non-hydrogen) atoms. The highest BCUT2D eigenvalue weighted by Crippen LogP contribution is 2.23. The van der Waals surface area contributed by atoms with Crippen LogP contribution in [0.3, 0.4) is 0 Å². The van der Waals surface area contributed by atoms with E-state index in [-0.39, 0.29) is 0 Å². The molecule has 2 amide bonds. The molecule has 2 rings (SSSR count). The van der Waals surface area contributed by atoms with Gasteiger partial charge in [0.25, 0.3) is 11.8 Å². The molecule has 2 aromatic rings. The van der Waals surface area contributed by atoms with Crippen LogP contribution in [0.1, 0.15) is 27.6 Å². The number of amides is 2. The molecule has 0 aliphatic carbocycles. The van der Waals surface area contributed by atoms with E-state index in [0.717, 1.165) is 4.47 Å². The number of rotatable bonds is 4. The molecule has 0 saturated carbocycles. The van der Waals surface area contributed by atoms with Crippen molar-refractivity contribution in [2.24, 2.45) is 0 Å². The summed E-state index contributed by atoms with van der Waals surface area (Å²) in [6, 6.07) is 8.31. The van der Waals surface area contributed by atoms with Crippen molar-refractivity contribution in [3.05, 3.63) is 58.3 Å². The molecule has 0 radical (unpaired) electrons. The van der Waals surface area contributed by atoms with Crippen molar-refractivity contribution in [3.63, 3.8) is 0 Å². The lowest BCUT2D eigenvalue weighted by molar-refractivity contribution is 0.0844. The van der Waals surface area contributed by atoms with Gasteiger partial charge >= 0.3 is 0 Å². The van der Waals surface area contributed by atoms with Crippen LogP contribution in [0.25, 0.3) is 0 Å². The number of nitrogens with one attached hydrogen (secondary N) is 2. The van der Waals surface area contributed by atoms with Crippen LogP contribution >= 0.6 is 15.9 Å². The van der Waals surface area contributed by atoms with Gasteiger partial charge in [-0.3, -0.25) is 25.4 Å². The highest BCUT2D eigenvalue weighted by atomic mass is 79.9. The van der Waals surface area contributed by atoms with Crippen LogP contribution in [0, 0.1) is 0 Å². The second-order valence-electron chi connectivity index (χ2n) is 4.22. The molecule has 1 aromatic heterocycles. The van der Waals surface area contributed by atoms with Gasteiger partial charge in [-0.25, -0.2) is 0 Å². The van der Waals surface area contributed by atoms with Crippen molar-refractivity contribution in [2.75, 3.05) is 6.61 Å². The van der Waals surface area contributed by atoms with E-state index in [0.29, 0.717) is 23.5 Å². The summed E-state index contributed by atoms with van der Waals surface area (Å²) in [4.78, 5) is 27.9. The molecule has 6 nitrogen and oxygen atoms in total. The first-order chi connectivity index (χ1) is 10.6. The maximum absolute atomic E-state index is 12.2. The monoisotopic (exact) mass is 363 g/mol. The van der Waals surface area contributed by atoms with E-state index in [1.54, 1.807) is 36.5 Å². The van der Waals surface area contributed by atoms with Gasteiger partial charge in [-0.1, -0.05) is 15.9 Å². The molecule has 0 unspecified atom stereocenters. The van der Waals surface area contributed by atoms with E-state index in [9.17, 15) is 9.59 Å². The summed E-state index contributed by atoms with van der Waals surface area (Å²) in [6.45, 7) is 2.26. The molecular formula is C15H14BrN3O3.